The molecule has 0 heterocycles. The number of aliphatic imine (C=N–C) groups is 1. The molecule has 1 atom stereocenters. The van der Waals surface area contributed by atoms with Crippen LogP contribution in [0.2, 0.25) is 0 Å². The lowest BCUT2D eigenvalue weighted by Crippen LogP contribution is -2.39. The van der Waals surface area contributed by atoms with Crippen molar-refractivity contribution in [3.63, 3.8) is 0 Å². The van der Waals surface area contributed by atoms with Crippen molar-refractivity contribution < 1.29 is 18.0 Å². The van der Waals surface area contributed by atoms with Crippen LogP contribution in [0.4, 0.5) is 13.2 Å². The molecule has 27 heavy (non-hydrogen) atoms. The molecule has 3 N–H and O–H groups in total. The lowest BCUT2D eigenvalue weighted by Gasteiger charge is -2.16. The molecule has 0 bridgehead atoms. The zero-order valence-corrected chi connectivity index (χ0v) is 18.2. The van der Waals surface area contributed by atoms with Crippen LogP contribution in [0.15, 0.2) is 29.3 Å². The maximum atomic E-state index is 12.8. The summed E-state index contributed by atoms with van der Waals surface area (Å²) in [6.45, 7) is 7.37. The molecule has 0 saturated heterocycles. The smallest absolute Gasteiger partial charge is 0.357 e. The van der Waals surface area contributed by atoms with Gasteiger partial charge in [0.05, 0.1) is 5.56 Å². The van der Waals surface area contributed by atoms with E-state index >= 15 is 0 Å². The van der Waals surface area contributed by atoms with E-state index in [0.29, 0.717) is 37.6 Å². The highest BCUT2D eigenvalue weighted by Gasteiger charge is 2.30. The van der Waals surface area contributed by atoms with E-state index in [1.54, 1.807) is 6.07 Å². The summed E-state index contributed by atoms with van der Waals surface area (Å²) in [5.41, 5.74) is 0.0116. The van der Waals surface area contributed by atoms with Gasteiger partial charge in [-0.15, -0.1) is 24.0 Å². The molecule has 0 saturated carbocycles. The van der Waals surface area contributed by atoms with Crippen molar-refractivity contribution in [3.8, 4) is 0 Å². The van der Waals surface area contributed by atoms with E-state index in [4.69, 9.17) is 0 Å². The lowest BCUT2D eigenvalue weighted by molar-refractivity contribution is -0.137. The second-order valence-electron chi connectivity index (χ2n) is 5.89. The summed E-state index contributed by atoms with van der Waals surface area (Å²) in [4.78, 5) is 15.6. The Hall–Kier alpha value is -1.52. The van der Waals surface area contributed by atoms with Crippen molar-refractivity contribution >= 4 is 35.8 Å². The van der Waals surface area contributed by atoms with Gasteiger partial charge in [0.15, 0.2) is 5.96 Å². The van der Waals surface area contributed by atoms with E-state index in [0.717, 1.165) is 6.07 Å². The molecule has 0 spiro atoms. The van der Waals surface area contributed by atoms with Gasteiger partial charge in [-0.3, -0.25) is 4.79 Å². The molecule has 1 aromatic carbocycles. The zero-order chi connectivity index (χ0) is 19.6. The molecule has 5 nitrogen and oxygen atoms in total. The molecular weight excluding hydrogens is 472 g/mol. The average Bonchev–Trinajstić information content (AvgIpc) is 2.59. The van der Waals surface area contributed by atoms with E-state index in [-0.39, 0.29) is 42.3 Å². The highest BCUT2D eigenvalue weighted by Crippen LogP contribution is 2.31. The Kier molecular flexibility index (Phi) is 12.1. The predicted molar refractivity (Wildman–Crippen MR) is 113 cm³/mol. The normalized spacial score (nSPS) is 12.7. The first-order valence-electron chi connectivity index (χ1n) is 8.73. The number of nitrogens with zero attached hydrogens (tertiary/aromatic N) is 1. The third kappa shape index (κ3) is 9.83. The number of hydrogen-bond acceptors (Lipinski definition) is 2. The molecule has 0 aromatic heterocycles. The Morgan fingerprint density at radius 3 is 2.41 bits per heavy atom. The van der Waals surface area contributed by atoms with Crippen LogP contribution in [0.3, 0.4) is 0 Å². The highest BCUT2D eigenvalue weighted by atomic mass is 127. The second kappa shape index (κ2) is 12.8. The Balaban J connectivity index is 0.00000676. The number of alkyl halides is 3. The number of nitrogens with one attached hydrogen (secondary N) is 3. The molecule has 0 fully saturated rings. The van der Waals surface area contributed by atoms with Crippen LogP contribution in [0, 0.1) is 0 Å². The fraction of sp³-hybridized carbons (Fsp3) is 0.556. The van der Waals surface area contributed by atoms with Gasteiger partial charge in [0.25, 0.3) is 0 Å². The summed E-state index contributed by atoms with van der Waals surface area (Å²) in [5, 5.41) is 8.80. The number of benzene rings is 1. The SMILES string of the molecule is CCNC(=O)CN=C(NCC)NCCC(C)c1cccc(C(F)(F)F)c1.I. The molecule has 1 amide bonds. The van der Waals surface area contributed by atoms with E-state index in [9.17, 15) is 18.0 Å². The number of halogens is 4. The van der Waals surface area contributed by atoms with Crippen LogP contribution >= 0.6 is 24.0 Å². The highest BCUT2D eigenvalue weighted by molar-refractivity contribution is 14.0. The van der Waals surface area contributed by atoms with Gasteiger partial charge in [0, 0.05) is 19.6 Å². The Labute approximate surface area is 175 Å². The van der Waals surface area contributed by atoms with Crippen molar-refractivity contribution in [2.45, 2.75) is 39.3 Å². The number of guanidine groups is 1. The van der Waals surface area contributed by atoms with Gasteiger partial charge < -0.3 is 16.0 Å². The van der Waals surface area contributed by atoms with Crippen molar-refractivity contribution in [1.29, 1.82) is 0 Å². The lowest BCUT2D eigenvalue weighted by atomic mass is 9.96. The fourth-order valence-electron chi connectivity index (χ4n) is 2.34. The van der Waals surface area contributed by atoms with Gasteiger partial charge in [-0.1, -0.05) is 25.1 Å². The molecule has 1 rings (SSSR count). The third-order valence-electron chi connectivity index (χ3n) is 3.75. The van der Waals surface area contributed by atoms with Crippen LogP contribution in [-0.4, -0.2) is 38.0 Å². The first-order valence-corrected chi connectivity index (χ1v) is 8.73. The van der Waals surface area contributed by atoms with Crippen LogP contribution in [0.25, 0.3) is 0 Å². The monoisotopic (exact) mass is 500 g/mol. The number of hydrogen-bond donors (Lipinski definition) is 3. The van der Waals surface area contributed by atoms with Crippen LogP contribution < -0.4 is 16.0 Å². The molecule has 0 radical (unpaired) electrons. The number of carbonyl (C=O) groups is 1. The largest absolute Gasteiger partial charge is 0.416 e. The number of amides is 1. The predicted octanol–water partition coefficient (Wildman–Crippen LogP) is 3.51. The van der Waals surface area contributed by atoms with E-state index in [1.165, 1.54) is 12.1 Å². The van der Waals surface area contributed by atoms with Gasteiger partial charge in [0.1, 0.15) is 6.54 Å². The molecule has 0 aliphatic rings. The first-order chi connectivity index (χ1) is 12.3. The van der Waals surface area contributed by atoms with Crippen LogP contribution in [-0.2, 0) is 11.0 Å². The molecular formula is C18H28F3IN4O. The number of rotatable bonds is 8. The summed E-state index contributed by atoms with van der Waals surface area (Å²) in [6.07, 6.45) is -3.70. The Morgan fingerprint density at radius 1 is 1.15 bits per heavy atom. The minimum absolute atomic E-state index is 0. The topological polar surface area (TPSA) is 65.5 Å². The molecule has 0 aliphatic carbocycles. The van der Waals surface area contributed by atoms with E-state index in [1.807, 2.05) is 20.8 Å². The number of carbonyl (C=O) groups excluding carboxylic acids is 1. The molecule has 1 unspecified atom stereocenters. The molecule has 9 heteroatoms. The van der Waals surface area contributed by atoms with Gasteiger partial charge in [-0.2, -0.15) is 13.2 Å². The van der Waals surface area contributed by atoms with Crippen LogP contribution in [0.5, 0.6) is 0 Å². The van der Waals surface area contributed by atoms with Gasteiger partial charge in [-0.05, 0) is 37.8 Å². The number of likely N-dealkylation sites (N-methyl/N-ethyl adjacent to an activating group) is 1. The molecule has 154 valence electrons. The minimum atomic E-state index is -4.34. The maximum absolute atomic E-state index is 12.8. The van der Waals surface area contributed by atoms with E-state index < -0.39 is 11.7 Å². The molecule has 0 aliphatic heterocycles. The minimum Gasteiger partial charge on any atom is -0.357 e. The average molecular weight is 500 g/mol. The summed E-state index contributed by atoms with van der Waals surface area (Å²) in [7, 11) is 0. The summed E-state index contributed by atoms with van der Waals surface area (Å²) >= 11 is 0. The molecule has 1 aromatic rings. The van der Waals surface area contributed by atoms with Crippen molar-refractivity contribution in [1.82, 2.24) is 16.0 Å². The van der Waals surface area contributed by atoms with Gasteiger partial charge >= 0.3 is 6.18 Å². The second-order valence-corrected chi connectivity index (χ2v) is 5.89. The van der Waals surface area contributed by atoms with Crippen molar-refractivity contribution in [2.75, 3.05) is 26.2 Å². The van der Waals surface area contributed by atoms with Crippen molar-refractivity contribution in [2.24, 2.45) is 4.99 Å². The van der Waals surface area contributed by atoms with Crippen molar-refractivity contribution in [3.05, 3.63) is 35.4 Å². The summed E-state index contributed by atoms with van der Waals surface area (Å²) < 4.78 is 38.4. The van der Waals surface area contributed by atoms with Gasteiger partial charge in [-0.25, -0.2) is 4.99 Å². The third-order valence-corrected chi connectivity index (χ3v) is 3.75. The first kappa shape index (κ1) is 25.5. The Morgan fingerprint density at radius 2 is 1.81 bits per heavy atom. The van der Waals surface area contributed by atoms with E-state index in [2.05, 4.69) is 20.9 Å². The fourth-order valence-corrected chi connectivity index (χ4v) is 2.34. The standard InChI is InChI=1S/C18H27F3N4O.HI/c1-4-22-16(26)12-25-17(23-5-2)24-10-9-13(3)14-7-6-8-15(11-14)18(19,20)21;/h6-8,11,13H,4-5,9-10,12H2,1-3H3,(H,22,26)(H2,23,24,25);1H. The Bertz CT molecular complexity index is 609. The quantitative estimate of drug-likeness (QED) is 0.291. The summed E-state index contributed by atoms with van der Waals surface area (Å²) in [6, 6.07) is 5.40. The van der Waals surface area contributed by atoms with Gasteiger partial charge in [0.2, 0.25) is 5.91 Å². The summed E-state index contributed by atoms with van der Waals surface area (Å²) in [5.74, 6) is 0.299. The maximum Gasteiger partial charge on any atom is 0.416 e. The zero-order valence-electron chi connectivity index (χ0n) is 15.8. The van der Waals surface area contributed by atoms with Crippen LogP contribution in [0.1, 0.15) is 44.2 Å².